The monoisotopic (exact) mass is 431 g/mol. The Kier molecular flexibility index (Phi) is 7.32. The van der Waals surface area contributed by atoms with E-state index < -0.39 is 5.82 Å². The molecule has 0 saturated carbocycles. The third kappa shape index (κ3) is 5.11. The van der Waals surface area contributed by atoms with E-state index in [-0.39, 0.29) is 22.4 Å². The first-order valence-corrected chi connectivity index (χ1v) is 10.6. The minimum absolute atomic E-state index is 0.0373. The highest BCUT2D eigenvalue weighted by molar-refractivity contribution is 6.33. The van der Waals surface area contributed by atoms with Gasteiger partial charge in [-0.15, -0.1) is 0 Å². The summed E-state index contributed by atoms with van der Waals surface area (Å²) in [7, 11) is 2.05. The summed E-state index contributed by atoms with van der Waals surface area (Å²) in [5.74, 6) is -0.759. The molecule has 1 saturated heterocycles. The Labute approximate surface area is 182 Å². The lowest BCUT2D eigenvalue weighted by molar-refractivity contribution is 0.0535. The first kappa shape index (κ1) is 22.1. The van der Waals surface area contributed by atoms with Crippen LogP contribution in [0.15, 0.2) is 42.5 Å². The summed E-state index contributed by atoms with van der Waals surface area (Å²) in [6, 6.07) is 11.4. The zero-order valence-corrected chi connectivity index (χ0v) is 18.2. The summed E-state index contributed by atoms with van der Waals surface area (Å²) >= 11 is 6.01. The molecular weight excluding hydrogens is 405 g/mol. The van der Waals surface area contributed by atoms with Crippen molar-refractivity contribution in [1.29, 1.82) is 0 Å². The van der Waals surface area contributed by atoms with Crippen molar-refractivity contribution >= 4 is 29.1 Å². The van der Waals surface area contributed by atoms with Gasteiger partial charge in [0.15, 0.2) is 0 Å². The van der Waals surface area contributed by atoms with Crippen LogP contribution in [0.5, 0.6) is 0 Å². The van der Waals surface area contributed by atoms with Crippen LogP contribution >= 0.6 is 11.6 Å². The molecule has 0 atom stereocenters. The predicted molar refractivity (Wildman–Crippen MR) is 118 cm³/mol. The van der Waals surface area contributed by atoms with Gasteiger partial charge in [-0.25, -0.2) is 4.39 Å². The first-order valence-electron chi connectivity index (χ1n) is 10.3. The van der Waals surface area contributed by atoms with Crippen LogP contribution in [0.25, 0.3) is 0 Å². The number of benzene rings is 2. The topological polar surface area (TPSA) is 43.9 Å². The molecule has 0 N–H and O–H groups in total. The molecule has 1 aliphatic heterocycles. The lowest BCUT2D eigenvalue weighted by atomic mass is 10.1. The maximum absolute atomic E-state index is 13.2. The van der Waals surface area contributed by atoms with Crippen LogP contribution in [0.3, 0.4) is 0 Å². The van der Waals surface area contributed by atoms with Gasteiger partial charge in [0.2, 0.25) is 0 Å². The lowest BCUT2D eigenvalue weighted by Crippen LogP contribution is -2.50. The first-order chi connectivity index (χ1) is 14.4. The number of piperazine rings is 1. The Hall–Kier alpha value is -2.60. The number of anilines is 1. The molecule has 1 aliphatic rings. The van der Waals surface area contributed by atoms with Gasteiger partial charge in [-0.1, -0.05) is 24.9 Å². The van der Waals surface area contributed by atoms with Crippen LogP contribution in [-0.2, 0) is 0 Å². The van der Waals surface area contributed by atoms with E-state index in [0.29, 0.717) is 31.7 Å². The number of halogens is 2. The van der Waals surface area contributed by atoms with Crippen LogP contribution in [0.1, 0.15) is 40.5 Å². The third-order valence-electron chi connectivity index (χ3n) is 5.42. The number of amides is 2. The van der Waals surface area contributed by atoms with Gasteiger partial charge in [-0.05, 0) is 48.9 Å². The molecule has 0 aromatic heterocycles. The average molecular weight is 432 g/mol. The third-order valence-corrected chi connectivity index (χ3v) is 5.73. The van der Waals surface area contributed by atoms with Crippen molar-refractivity contribution in [2.75, 3.05) is 44.7 Å². The van der Waals surface area contributed by atoms with Crippen molar-refractivity contribution in [1.82, 2.24) is 9.80 Å². The summed E-state index contributed by atoms with van der Waals surface area (Å²) in [6.07, 6.45) is 2.27. The van der Waals surface area contributed by atoms with Crippen molar-refractivity contribution in [3.8, 4) is 0 Å². The van der Waals surface area contributed by atoms with Gasteiger partial charge in [0, 0.05) is 51.0 Å². The molecule has 30 heavy (non-hydrogen) atoms. The van der Waals surface area contributed by atoms with E-state index in [4.69, 9.17) is 11.6 Å². The molecule has 3 rings (SSSR count). The summed E-state index contributed by atoms with van der Waals surface area (Å²) < 4.78 is 13.2. The molecule has 2 aromatic carbocycles. The maximum atomic E-state index is 13.2. The second kappa shape index (κ2) is 9.94. The fourth-order valence-electron chi connectivity index (χ4n) is 3.51. The van der Waals surface area contributed by atoms with Crippen LogP contribution in [-0.4, -0.2) is 61.4 Å². The highest BCUT2D eigenvalue weighted by Crippen LogP contribution is 2.21. The largest absolute Gasteiger partial charge is 0.375 e. The molecule has 2 amide bonds. The van der Waals surface area contributed by atoms with Gasteiger partial charge in [-0.2, -0.15) is 0 Å². The Bertz CT molecular complexity index is 896. The highest BCUT2D eigenvalue weighted by Gasteiger charge is 2.26. The Morgan fingerprint density at radius 2 is 1.60 bits per heavy atom. The van der Waals surface area contributed by atoms with Gasteiger partial charge >= 0.3 is 0 Å². The molecule has 0 spiro atoms. The molecule has 0 radical (unpaired) electrons. The summed E-state index contributed by atoms with van der Waals surface area (Å²) in [5, 5.41) is 0.0995. The van der Waals surface area contributed by atoms with Gasteiger partial charge in [0.05, 0.1) is 10.6 Å². The molecule has 5 nitrogen and oxygen atoms in total. The van der Waals surface area contributed by atoms with Crippen LogP contribution in [0, 0.1) is 5.82 Å². The normalized spacial score (nSPS) is 14.0. The summed E-state index contributed by atoms with van der Waals surface area (Å²) in [6.45, 7) is 4.87. The number of unbranched alkanes of at least 4 members (excludes halogenated alkanes) is 1. The van der Waals surface area contributed by atoms with Crippen LogP contribution in [0.2, 0.25) is 5.02 Å². The lowest BCUT2D eigenvalue weighted by Gasteiger charge is -2.35. The number of nitrogens with zero attached hydrogens (tertiary/aromatic N) is 3. The molecule has 2 aromatic rings. The number of carbonyl (C=O) groups is 2. The van der Waals surface area contributed by atoms with Crippen molar-refractivity contribution in [2.24, 2.45) is 0 Å². The van der Waals surface area contributed by atoms with E-state index >= 15 is 0 Å². The van der Waals surface area contributed by atoms with E-state index in [1.165, 1.54) is 12.1 Å². The van der Waals surface area contributed by atoms with Crippen molar-refractivity contribution in [2.45, 2.75) is 19.8 Å². The van der Waals surface area contributed by atoms with Gasteiger partial charge in [0.25, 0.3) is 11.8 Å². The minimum atomic E-state index is -0.477. The number of hydrogen-bond acceptors (Lipinski definition) is 3. The van der Waals surface area contributed by atoms with Crippen LogP contribution in [0.4, 0.5) is 10.1 Å². The molecule has 160 valence electrons. The van der Waals surface area contributed by atoms with E-state index in [2.05, 4.69) is 18.9 Å². The smallest absolute Gasteiger partial charge is 0.255 e. The molecule has 1 fully saturated rings. The SMILES string of the molecule is CCCCN(C)c1ccc(C(=O)N2CCN(C(=O)c3ccc(F)cc3Cl)CC2)cc1. The molecule has 7 heteroatoms. The number of rotatable bonds is 6. The van der Waals surface area contributed by atoms with Crippen molar-refractivity contribution in [3.05, 3.63) is 64.4 Å². The molecule has 0 bridgehead atoms. The molecule has 0 aliphatic carbocycles. The summed E-state index contributed by atoms with van der Waals surface area (Å²) in [5.41, 5.74) is 2.01. The standard InChI is InChI=1S/C23H27ClFN3O2/c1-3-4-11-26(2)19-8-5-17(6-9-19)22(29)27-12-14-28(15-13-27)23(30)20-10-7-18(25)16-21(20)24/h5-10,16H,3-4,11-15H2,1-2H3. The van der Waals surface area contributed by atoms with Gasteiger partial charge in [0.1, 0.15) is 5.82 Å². The molecular formula is C23H27ClFN3O2. The quantitative estimate of drug-likeness (QED) is 0.684. The van der Waals surface area contributed by atoms with Crippen molar-refractivity contribution in [3.63, 3.8) is 0 Å². The Morgan fingerprint density at radius 1 is 1.00 bits per heavy atom. The second-order valence-corrected chi connectivity index (χ2v) is 7.94. The zero-order chi connectivity index (χ0) is 21.7. The Morgan fingerprint density at radius 3 is 2.17 bits per heavy atom. The maximum Gasteiger partial charge on any atom is 0.255 e. The average Bonchev–Trinajstić information content (AvgIpc) is 2.77. The Balaban J connectivity index is 1.58. The highest BCUT2D eigenvalue weighted by atomic mass is 35.5. The summed E-state index contributed by atoms with van der Waals surface area (Å²) in [4.78, 5) is 31.1. The minimum Gasteiger partial charge on any atom is -0.375 e. The second-order valence-electron chi connectivity index (χ2n) is 7.53. The van der Waals surface area contributed by atoms with E-state index in [1.807, 2.05) is 24.3 Å². The van der Waals surface area contributed by atoms with E-state index in [1.54, 1.807) is 9.80 Å². The number of hydrogen-bond donors (Lipinski definition) is 0. The van der Waals surface area contributed by atoms with Gasteiger partial charge < -0.3 is 14.7 Å². The number of carbonyl (C=O) groups excluding carboxylic acids is 2. The van der Waals surface area contributed by atoms with Gasteiger partial charge in [-0.3, -0.25) is 9.59 Å². The van der Waals surface area contributed by atoms with Crippen LogP contribution < -0.4 is 4.90 Å². The fraction of sp³-hybridized carbons (Fsp3) is 0.391. The van der Waals surface area contributed by atoms with E-state index in [0.717, 1.165) is 31.1 Å². The van der Waals surface area contributed by atoms with E-state index in [9.17, 15) is 14.0 Å². The van der Waals surface area contributed by atoms with Crippen molar-refractivity contribution < 1.29 is 14.0 Å². The molecule has 1 heterocycles. The predicted octanol–water partition coefficient (Wildman–Crippen LogP) is 4.31. The zero-order valence-electron chi connectivity index (χ0n) is 17.4. The molecule has 0 unspecified atom stereocenters. The fourth-order valence-corrected chi connectivity index (χ4v) is 3.76.